The highest BCUT2D eigenvalue weighted by molar-refractivity contribution is 7.81. The average Bonchev–Trinajstić information content (AvgIpc) is 3.41. The van der Waals surface area contributed by atoms with Gasteiger partial charge >= 0.3 is 10.5 Å². The van der Waals surface area contributed by atoms with Gasteiger partial charge in [0, 0.05) is 13.0 Å². The minimum Gasteiger partial charge on any atom is -0.489 e. The lowest BCUT2D eigenvalue weighted by Crippen LogP contribution is -2.13. The van der Waals surface area contributed by atoms with E-state index in [2.05, 4.69) is 4.18 Å². The number of halogens is 3. The van der Waals surface area contributed by atoms with Crippen LogP contribution in [-0.2, 0) is 21.8 Å². The van der Waals surface area contributed by atoms with Crippen LogP contribution < -0.4 is 8.92 Å². The Bertz CT molecular complexity index is 1120. The molecule has 2 aromatic carbocycles. The fourth-order valence-corrected chi connectivity index (χ4v) is 3.80. The maximum absolute atomic E-state index is 14.6. The van der Waals surface area contributed by atoms with E-state index in [4.69, 9.17) is 9.47 Å². The Kier molecular flexibility index (Phi) is 5.11. The number of benzene rings is 2. The Balaban J connectivity index is 1.47. The van der Waals surface area contributed by atoms with Crippen LogP contribution >= 0.6 is 0 Å². The van der Waals surface area contributed by atoms with Crippen molar-refractivity contribution in [2.75, 3.05) is 7.11 Å². The van der Waals surface area contributed by atoms with Gasteiger partial charge in [-0.15, -0.1) is 0 Å². The van der Waals surface area contributed by atoms with Crippen molar-refractivity contribution < 1.29 is 34.7 Å². The predicted molar refractivity (Wildman–Crippen MR) is 103 cm³/mol. The summed E-state index contributed by atoms with van der Waals surface area (Å²) in [6.45, 7) is -0.390. The maximum Gasteiger partial charge on any atom is 0.488 e. The molecule has 9 heteroatoms. The first-order chi connectivity index (χ1) is 14.2. The summed E-state index contributed by atoms with van der Waals surface area (Å²) in [6.07, 6.45) is 6.55. The van der Waals surface area contributed by atoms with Gasteiger partial charge in [0.25, 0.3) is 0 Å². The number of allylic oxidation sites excluding steroid dienone is 2. The third-order valence-electron chi connectivity index (χ3n) is 5.17. The second-order valence-corrected chi connectivity index (χ2v) is 8.04. The van der Waals surface area contributed by atoms with Gasteiger partial charge in [-0.05, 0) is 60.0 Å². The minimum absolute atomic E-state index is 0.196. The van der Waals surface area contributed by atoms with Crippen LogP contribution in [0.1, 0.15) is 17.5 Å². The highest BCUT2D eigenvalue weighted by atomic mass is 32.3. The SMILES string of the molecule is COC12C=C(c3cc(F)c(COc4ccc(OS(=O)(=O)F)cc4)c(F)c3)C=CC1C2. The van der Waals surface area contributed by atoms with Crippen molar-refractivity contribution >= 4 is 16.1 Å². The van der Waals surface area contributed by atoms with E-state index in [9.17, 15) is 21.1 Å². The maximum atomic E-state index is 14.6. The Hall–Kier alpha value is -2.78. The lowest BCUT2D eigenvalue weighted by atomic mass is 9.96. The molecule has 4 rings (SSSR count). The van der Waals surface area contributed by atoms with Crippen LogP contribution in [0.2, 0.25) is 0 Å². The number of fused-ring (bicyclic) bond motifs is 1. The molecule has 0 spiro atoms. The molecule has 30 heavy (non-hydrogen) atoms. The molecule has 0 saturated heterocycles. The van der Waals surface area contributed by atoms with Crippen LogP contribution in [0.4, 0.5) is 12.7 Å². The van der Waals surface area contributed by atoms with Crippen LogP contribution in [0.5, 0.6) is 11.5 Å². The van der Waals surface area contributed by atoms with Crippen molar-refractivity contribution in [2.45, 2.75) is 18.6 Å². The Morgan fingerprint density at radius 2 is 1.73 bits per heavy atom. The van der Waals surface area contributed by atoms with Gasteiger partial charge in [0.15, 0.2) is 0 Å². The molecule has 2 aliphatic rings. The molecule has 1 fully saturated rings. The van der Waals surface area contributed by atoms with E-state index in [1.165, 1.54) is 24.3 Å². The van der Waals surface area contributed by atoms with Crippen molar-refractivity contribution in [1.29, 1.82) is 0 Å². The van der Waals surface area contributed by atoms with Crippen molar-refractivity contribution in [1.82, 2.24) is 0 Å². The summed E-state index contributed by atoms with van der Waals surface area (Å²) in [5, 5.41) is 0. The molecular weight excluding hydrogens is 421 g/mol. The molecule has 1 saturated carbocycles. The Labute approximate surface area is 171 Å². The second-order valence-electron chi connectivity index (χ2n) is 7.08. The minimum atomic E-state index is -5.13. The summed E-state index contributed by atoms with van der Waals surface area (Å²) in [4.78, 5) is 0. The van der Waals surface area contributed by atoms with Crippen molar-refractivity contribution in [2.24, 2.45) is 5.92 Å². The summed E-state index contributed by atoms with van der Waals surface area (Å²) >= 11 is 0. The molecule has 0 radical (unpaired) electrons. The second kappa shape index (κ2) is 7.48. The summed E-state index contributed by atoms with van der Waals surface area (Å²) < 4.78 is 77.5. The predicted octanol–water partition coefficient (Wildman–Crippen LogP) is 4.50. The molecule has 2 aromatic rings. The van der Waals surface area contributed by atoms with Crippen LogP contribution in [-0.4, -0.2) is 21.1 Å². The van der Waals surface area contributed by atoms with Gasteiger partial charge in [-0.3, -0.25) is 0 Å². The number of methoxy groups -OCH3 is 1. The van der Waals surface area contributed by atoms with Gasteiger partial charge in [0.05, 0.1) is 11.2 Å². The van der Waals surface area contributed by atoms with E-state index in [1.807, 2.05) is 18.2 Å². The number of hydrogen-bond acceptors (Lipinski definition) is 5. The first-order valence-corrected chi connectivity index (χ1v) is 10.3. The third-order valence-corrected chi connectivity index (χ3v) is 5.56. The standard InChI is InChI=1S/C21H17F3O5S/c1-27-21-10-13(2-3-15(21)11-21)14-8-19(22)18(20(23)9-14)12-28-16-4-6-17(7-5-16)29-30(24,25)26/h2-10,15H,11-12H2,1H3. The summed E-state index contributed by atoms with van der Waals surface area (Å²) in [5.41, 5.74) is 0.461. The van der Waals surface area contributed by atoms with E-state index >= 15 is 0 Å². The van der Waals surface area contributed by atoms with Gasteiger partial charge in [-0.25, -0.2) is 8.78 Å². The third kappa shape index (κ3) is 4.22. The van der Waals surface area contributed by atoms with E-state index < -0.39 is 28.7 Å². The zero-order valence-electron chi connectivity index (χ0n) is 15.8. The molecule has 0 N–H and O–H groups in total. The molecule has 0 bridgehead atoms. The molecule has 0 amide bonds. The molecule has 0 aliphatic heterocycles. The lowest BCUT2D eigenvalue weighted by Gasteiger charge is -2.17. The fourth-order valence-electron chi connectivity index (χ4n) is 3.46. The quantitative estimate of drug-likeness (QED) is 0.596. The topological polar surface area (TPSA) is 61.8 Å². The molecule has 2 unspecified atom stereocenters. The molecule has 5 nitrogen and oxygen atoms in total. The van der Waals surface area contributed by atoms with E-state index in [1.54, 1.807) is 7.11 Å². The molecule has 2 aliphatic carbocycles. The van der Waals surface area contributed by atoms with Crippen LogP contribution in [0.3, 0.4) is 0 Å². The van der Waals surface area contributed by atoms with Gasteiger partial charge in [-0.2, -0.15) is 8.42 Å². The number of ether oxygens (including phenoxy) is 2. The highest BCUT2D eigenvalue weighted by Crippen LogP contribution is 2.52. The lowest BCUT2D eigenvalue weighted by molar-refractivity contribution is 0.112. The zero-order chi connectivity index (χ0) is 21.5. The Morgan fingerprint density at radius 3 is 2.33 bits per heavy atom. The monoisotopic (exact) mass is 438 g/mol. The smallest absolute Gasteiger partial charge is 0.488 e. The van der Waals surface area contributed by atoms with Gasteiger partial charge in [0.1, 0.15) is 29.7 Å². The van der Waals surface area contributed by atoms with Gasteiger partial charge < -0.3 is 13.7 Å². The summed E-state index contributed by atoms with van der Waals surface area (Å²) in [6, 6.07) is 7.37. The van der Waals surface area contributed by atoms with E-state index in [-0.39, 0.29) is 22.7 Å². The number of rotatable bonds is 7. The molecule has 0 heterocycles. The molecular formula is C21H17F3O5S. The largest absolute Gasteiger partial charge is 0.489 e. The number of hydrogen-bond donors (Lipinski definition) is 0. The fraction of sp³-hybridized carbons (Fsp3) is 0.238. The van der Waals surface area contributed by atoms with Crippen LogP contribution in [0.25, 0.3) is 5.57 Å². The van der Waals surface area contributed by atoms with E-state index in [0.717, 1.165) is 18.6 Å². The first kappa shape index (κ1) is 20.5. The zero-order valence-corrected chi connectivity index (χ0v) is 16.6. The van der Waals surface area contributed by atoms with Crippen molar-refractivity contribution in [3.8, 4) is 11.5 Å². The molecule has 0 aromatic heterocycles. The highest BCUT2D eigenvalue weighted by Gasteiger charge is 2.53. The van der Waals surface area contributed by atoms with Crippen LogP contribution in [0, 0.1) is 17.6 Å². The van der Waals surface area contributed by atoms with E-state index in [0.29, 0.717) is 17.1 Å². The van der Waals surface area contributed by atoms with Crippen molar-refractivity contribution in [3.05, 3.63) is 77.4 Å². The summed E-state index contributed by atoms with van der Waals surface area (Å²) in [5.74, 6) is -1.27. The summed E-state index contributed by atoms with van der Waals surface area (Å²) in [7, 11) is -3.52. The first-order valence-electron chi connectivity index (χ1n) is 9.00. The molecule has 2 atom stereocenters. The Morgan fingerprint density at radius 1 is 1.10 bits per heavy atom. The molecule has 158 valence electrons. The van der Waals surface area contributed by atoms with Gasteiger partial charge in [0.2, 0.25) is 0 Å². The van der Waals surface area contributed by atoms with Gasteiger partial charge in [-0.1, -0.05) is 16.0 Å². The van der Waals surface area contributed by atoms with Crippen LogP contribution in [0.15, 0.2) is 54.6 Å². The average molecular weight is 438 g/mol. The van der Waals surface area contributed by atoms with Crippen molar-refractivity contribution in [3.63, 3.8) is 0 Å². The normalized spacial score (nSPS) is 22.3.